The molecule has 0 amide bonds. The highest BCUT2D eigenvalue weighted by atomic mass is 16.5. The zero-order valence-corrected chi connectivity index (χ0v) is 15.3. The van der Waals surface area contributed by atoms with Gasteiger partial charge >= 0.3 is 0 Å². The Kier molecular flexibility index (Phi) is 5.56. The first kappa shape index (κ1) is 17.4. The highest BCUT2D eigenvalue weighted by Crippen LogP contribution is 2.17. The summed E-state index contributed by atoms with van der Waals surface area (Å²) in [5, 5.41) is 0. The molecule has 0 unspecified atom stereocenters. The van der Waals surface area contributed by atoms with Gasteiger partial charge in [-0.15, -0.1) is 0 Å². The summed E-state index contributed by atoms with van der Waals surface area (Å²) in [6, 6.07) is 13.6. The van der Waals surface area contributed by atoms with E-state index in [9.17, 15) is 0 Å². The van der Waals surface area contributed by atoms with Crippen LogP contribution in [0.5, 0.6) is 5.88 Å². The van der Waals surface area contributed by atoms with Crippen LogP contribution in [0.2, 0.25) is 0 Å². The first-order valence-corrected chi connectivity index (χ1v) is 9.43. The zero-order chi connectivity index (χ0) is 18.3. The van der Waals surface area contributed by atoms with Gasteiger partial charge in [0, 0.05) is 18.3 Å². The number of nitrogens with zero attached hydrogens (tertiary/aromatic N) is 4. The van der Waals surface area contributed by atoms with E-state index >= 15 is 0 Å². The summed E-state index contributed by atoms with van der Waals surface area (Å²) in [5.41, 5.74) is 2.76. The van der Waals surface area contributed by atoms with Gasteiger partial charge in [0.05, 0.1) is 0 Å². The van der Waals surface area contributed by atoms with Crippen LogP contribution in [0.4, 0.5) is 0 Å². The van der Waals surface area contributed by atoms with Gasteiger partial charge in [-0.2, -0.15) is 0 Å². The lowest BCUT2D eigenvalue weighted by molar-refractivity contribution is 0.180. The Hall–Kier alpha value is -2.97. The molecule has 27 heavy (non-hydrogen) atoms. The predicted molar refractivity (Wildman–Crippen MR) is 106 cm³/mol. The van der Waals surface area contributed by atoms with Crippen molar-refractivity contribution in [2.75, 3.05) is 26.2 Å². The van der Waals surface area contributed by atoms with Crippen LogP contribution in [0.15, 0.2) is 48.7 Å². The maximum Gasteiger partial charge on any atom is 0.249 e. The number of rotatable bonds is 4. The molecular weight excluding hydrogens is 336 g/mol. The van der Waals surface area contributed by atoms with Gasteiger partial charge in [-0.3, -0.25) is 4.90 Å². The van der Waals surface area contributed by atoms with Crippen molar-refractivity contribution < 1.29 is 4.74 Å². The van der Waals surface area contributed by atoms with Gasteiger partial charge in [-0.05, 0) is 56.1 Å². The van der Waals surface area contributed by atoms with Crippen molar-refractivity contribution in [1.82, 2.24) is 19.9 Å². The average molecular weight is 358 g/mol. The highest BCUT2D eigenvalue weighted by molar-refractivity contribution is 5.71. The third-order valence-corrected chi connectivity index (χ3v) is 4.60. The van der Waals surface area contributed by atoms with Crippen molar-refractivity contribution >= 4 is 11.2 Å². The van der Waals surface area contributed by atoms with E-state index in [0.717, 1.165) is 30.7 Å². The number of likely N-dealkylation sites (tertiary alicyclic amines) is 1. The Labute approximate surface area is 159 Å². The summed E-state index contributed by atoms with van der Waals surface area (Å²) in [7, 11) is 0. The largest absolute Gasteiger partial charge is 0.474 e. The van der Waals surface area contributed by atoms with Crippen LogP contribution in [0, 0.1) is 11.8 Å². The molecular formula is C22H22N4O. The first-order valence-electron chi connectivity index (χ1n) is 9.43. The lowest BCUT2D eigenvalue weighted by Gasteiger charge is -2.26. The fourth-order valence-corrected chi connectivity index (χ4v) is 3.17. The molecule has 3 aromatic rings. The van der Waals surface area contributed by atoms with Gasteiger partial charge in [0.25, 0.3) is 0 Å². The quantitative estimate of drug-likeness (QED) is 0.670. The monoisotopic (exact) mass is 358 g/mol. The molecule has 0 saturated carbocycles. The van der Waals surface area contributed by atoms with Gasteiger partial charge in [-0.1, -0.05) is 30.5 Å². The molecule has 0 aliphatic carbocycles. The fourth-order valence-electron chi connectivity index (χ4n) is 3.17. The second-order valence-corrected chi connectivity index (χ2v) is 6.59. The van der Waals surface area contributed by atoms with E-state index in [1.807, 2.05) is 42.5 Å². The number of hydrogen-bond acceptors (Lipinski definition) is 5. The number of ether oxygens (including phenoxy) is 1. The molecule has 1 aliphatic heterocycles. The molecule has 0 radical (unpaired) electrons. The molecule has 0 bridgehead atoms. The number of piperidine rings is 1. The van der Waals surface area contributed by atoms with Crippen LogP contribution in [0.25, 0.3) is 11.2 Å². The number of pyridine rings is 1. The maximum atomic E-state index is 5.99. The Morgan fingerprint density at radius 3 is 2.63 bits per heavy atom. The molecule has 136 valence electrons. The summed E-state index contributed by atoms with van der Waals surface area (Å²) >= 11 is 0. The van der Waals surface area contributed by atoms with Crippen molar-refractivity contribution in [3.05, 3.63) is 59.9 Å². The third-order valence-electron chi connectivity index (χ3n) is 4.60. The second-order valence-electron chi connectivity index (χ2n) is 6.59. The standard InChI is InChI=1S/C22H22N4O/c1-3-8-18(9-4-1)11-12-20-22(25-19-10-7-13-23-21(19)24-20)27-17-16-26-14-5-2-6-15-26/h1,3-4,7-10,13H,2,5-6,14-17H2. The molecule has 1 saturated heterocycles. The fraction of sp³-hybridized carbons (Fsp3) is 0.318. The van der Waals surface area contributed by atoms with Crippen LogP contribution in [0.3, 0.4) is 0 Å². The smallest absolute Gasteiger partial charge is 0.249 e. The molecule has 1 fully saturated rings. The van der Waals surface area contributed by atoms with Crippen LogP contribution in [0.1, 0.15) is 30.5 Å². The van der Waals surface area contributed by atoms with Crippen molar-refractivity contribution in [3.63, 3.8) is 0 Å². The molecule has 4 rings (SSSR count). The van der Waals surface area contributed by atoms with Gasteiger partial charge in [0.1, 0.15) is 12.1 Å². The van der Waals surface area contributed by atoms with Gasteiger partial charge < -0.3 is 4.74 Å². The first-order chi connectivity index (χ1) is 13.4. The van der Waals surface area contributed by atoms with Crippen LogP contribution in [-0.4, -0.2) is 46.1 Å². The molecule has 3 heterocycles. The van der Waals surface area contributed by atoms with Crippen molar-refractivity contribution in [1.29, 1.82) is 0 Å². The molecule has 0 spiro atoms. The summed E-state index contributed by atoms with van der Waals surface area (Å²) in [6.45, 7) is 3.79. The van der Waals surface area contributed by atoms with Crippen molar-refractivity contribution in [2.45, 2.75) is 19.3 Å². The Bertz CT molecular complexity index is 956. The minimum absolute atomic E-state index is 0.482. The Morgan fingerprint density at radius 2 is 1.78 bits per heavy atom. The molecule has 5 heteroatoms. The second kappa shape index (κ2) is 8.61. The lowest BCUT2D eigenvalue weighted by atomic mass is 10.1. The van der Waals surface area contributed by atoms with E-state index in [0.29, 0.717) is 23.8 Å². The van der Waals surface area contributed by atoms with E-state index in [2.05, 4.69) is 31.7 Å². The summed E-state index contributed by atoms with van der Waals surface area (Å²) in [5.74, 6) is 6.73. The van der Waals surface area contributed by atoms with Gasteiger partial charge in [-0.25, -0.2) is 15.0 Å². The molecule has 1 aliphatic rings. The maximum absolute atomic E-state index is 5.99. The zero-order valence-electron chi connectivity index (χ0n) is 15.3. The van der Waals surface area contributed by atoms with Gasteiger partial charge in [0.15, 0.2) is 11.3 Å². The molecule has 0 atom stereocenters. The van der Waals surface area contributed by atoms with Crippen LogP contribution in [-0.2, 0) is 0 Å². The predicted octanol–water partition coefficient (Wildman–Crippen LogP) is 3.29. The summed E-state index contributed by atoms with van der Waals surface area (Å²) < 4.78 is 5.99. The Morgan fingerprint density at radius 1 is 0.926 bits per heavy atom. The third kappa shape index (κ3) is 4.60. The van der Waals surface area contributed by atoms with Crippen LogP contribution >= 0.6 is 0 Å². The van der Waals surface area contributed by atoms with E-state index in [-0.39, 0.29) is 0 Å². The summed E-state index contributed by atoms with van der Waals surface area (Å²) in [6.07, 6.45) is 5.59. The minimum atomic E-state index is 0.482. The van der Waals surface area contributed by atoms with E-state index < -0.39 is 0 Å². The highest BCUT2D eigenvalue weighted by Gasteiger charge is 2.12. The normalized spacial score (nSPS) is 14.5. The Balaban J connectivity index is 1.56. The van der Waals surface area contributed by atoms with E-state index in [1.165, 1.54) is 19.3 Å². The lowest BCUT2D eigenvalue weighted by Crippen LogP contribution is -2.33. The molecule has 0 N–H and O–H groups in total. The van der Waals surface area contributed by atoms with Crippen molar-refractivity contribution in [2.24, 2.45) is 0 Å². The van der Waals surface area contributed by atoms with Crippen LogP contribution < -0.4 is 4.74 Å². The number of fused-ring (bicyclic) bond motifs is 1. The molecule has 2 aromatic heterocycles. The topological polar surface area (TPSA) is 51.1 Å². The van der Waals surface area contributed by atoms with E-state index in [4.69, 9.17) is 4.74 Å². The SMILES string of the molecule is C(#Cc1nc2ncccc2nc1OCCN1CCCCC1)c1ccccc1. The average Bonchev–Trinajstić information content (AvgIpc) is 2.73. The van der Waals surface area contributed by atoms with E-state index in [1.54, 1.807) is 6.20 Å². The van der Waals surface area contributed by atoms with Gasteiger partial charge in [0.2, 0.25) is 5.88 Å². The minimum Gasteiger partial charge on any atom is -0.474 e. The molecule has 1 aromatic carbocycles. The molecule has 5 nitrogen and oxygen atoms in total. The van der Waals surface area contributed by atoms with Crippen molar-refractivity contribution in [3.8, 4) is 17.7 Å². The summed E-state index contributed by atoms with van der Waals surface area (Å²) in [4.78, 5) is 15.9. The number of benzene rings is 1. The number of aromatic nitrogens is 3. The number of hydrogen-bond donors (Lipinski definition) is 0.